The van der Waals surface area contributed by atoms with Gasteiger partial charge in [-0.3, -0.25) is 14.9 Å². The predicted molar refractivity (Wildman–Crippen MR) is 86.0 cm³/mol. The van der Waals surface area contributed by atoms with Crippen LogP contribution in [0.3, 0.4) is 0 Å². The highest BCUT2D eigenvalue weighted by molar-refractivity contribution is 5.94. The van der Waals surface area contributed by atoms with Crippen LogP contribution < -0.4 is 0 Å². The summed E-state index contributed by atoms with van der Waals surface area (Å²) in [6.07, 6.45) is 0.293. The largest absolute Gasteiger partial charge is 0.396 e. The first-order valence-corrected chi connectivity index (χ1v) is 7.32. The number of nitrogens with zero attached hydrogens (tertiary/aromatic N) is 2. The van der Waals surface area contributed by atoms with Crippen molar-refractivity contribution in [1.82, 2.24) is 4.90 Å². The molecule has 2 aromatic carbocycles. The lowest BCUT2D eigenvalue weighted by Gasteiger charge is -2.28. The number of benzene rings is 2. The Bertz CT molecular complexity index is 737. The van der Waals surface area contributed by atoms with Crippen LogP contribution in [0.15, 0.2) is 48.5 Å². The molecule has 126 valence electrons. The maximum Gasteiger partial charge on any atom is 0.272 e. The molecule has 2 aromatic rings. The third-order valence-corrected chi connectivity index (χ3v) is 3.77. The van der Waals surface area contributed by atoms with E-state index in [4.69, 9.17) is 0 Å². The van der Waals surface area contributed by atoms with Gasteiger partial charge < -0.3 is 10.0 Å². The summed E-state index contributed by atoms with van der Waals surface area (Å²) in [7, 11) is 1.51. The summed E-state index contributed by atoms with van der Waals surface area (Å²) in [5.74, 6) is -1.55. The van der Waals surface area contributed by atoms with E-state index in [-0.39, 0.29) is 12.2 Å². The van der Waals surface area contributed by atoms with Crippen LogP contribution in [-0.4, -0.2) is 34.5 Å². The SMILES string of the molecule is CN(C(=O)c1ccc([N+](=O)[O-])cc1F)C(CCO)c1ccccc1. The molecule has 0 aliphatic carbocycles. The number of hydrogen-bond donors (Lipinski definition) is 1. The highest BCUT2D eigenvalue weighted by Crippen LogP contribution is 2.26. The molecule has 0 saturated heterocycles. The second kappa shape index (κ2) is 7.65. The van der Waals surface area contributed by atoms with Gasteiger partial charge >= 0.3 is 0 Å². The number of hydrogen-bond acceptors (Lipinski definition) is 4. The number of aliphatic hydroxyl groups excluding tert-OH is 1. The molecule has 2 rings (SSSR count). The van der Waals surface area contributed by atoms with Crippen molar-refractivity contribution in [2.45, 2.75) is 12.5 Å². The van der Waals surface area contributed by atoms with Crippen LogP contribution in [0.4, 0.5) is 10.1 Å². The number of nitro benzene ring substituents is 1. The smallest absolute Gasteiger partial charge is 0.272 e. The summed E-state index contributed by atoms with van der Waals surface area (Å²) < 4.78 is 14.1. The maximum absolute atomic E-state index is 14.1. The fourth-order valence-electron chi connectivity index (χ4n) is 2.50. The number of aliphatic hydroxyl groups is 1. The Morgan fingerprint density at radius 2 is 1.96 bits per heavy atom. The second-order valence-corrected chi connectivity index (χ2v) is 5.28. The number of non-ortho nitro benzene ring substituents is 1. The first kappa shape index (κ1) is 17.6. The lowest BCUT2D eigenvalue weighted by atomic mass is 10.0. The van der Waals surface area contributed by atoms with Crippen LogP contribution >= 0.6 is 0 Å². The van der Waals surface area contributed by atoms with Crippen molar-refractivity contribution in [1.29, 1.82) is 0 Å². The van der Waals surface area contributed by atoms with Gasteiger partial charge in [0.05, 0.1) is 22.6 Å². The van der Waals surface area contributed by atoms with Crippen LogP contribution in [0.1, 0.15) is 28.4 Å². The summed E-state index contributed by atoms with van der Waals surface area (Å²) in [6, 6.07) is 11.6. The molecule has 0 fully saturated rings. The van der Waals surface area contributed by atoms with Crippen molar-refractivity contribution < 1.29 is 19.2 Å². The predicted octanol–water partition coefficient (Wildman–Crippen LogP) is 2.93. The molecule has 1 atom stereocenters. The molecule has 0 saturated carbocycles. The normalized spacial score (nSPS) is 11.8. The molecule has 0 aliphatic rings. The zero-order valence-electron chi connectivity index (χ0n) is 13.1. The molecule has 6 nitrogen and oxygen atoms in total. The number of halogens is 1. The van der Waals surface area contributed by atoms with Gasteiger partial charge in [-0.25, -0.2) is 4.39 Å². The van der Waals surface area contributed by atoms with E-state index < -0.39 is 28.4 Å². The number of carbonyl (C=O) groups excluding carboxylic acids is 1. The molecule has 1 N–H and O–H groups in total. The summed E-state index contributed by atoms with van der Waals surface area (Å²) in [4.78, 5) is 23.8. The van der Waals surface area contributed by atoms with Crippen molar-refractivity contribution in [3.63, 3.8) is 0 Å². The molecule has 24 heavy (non-hydrogen) atoms. The Hall–Kier alpha value is -2.80. The third-order valence-electron chi connectivity index (χ3n) is 3.77. The Balaban J connectivity index is 2.31. The lowest BCUT2D eigenvalue weighted by Crippen LogP contribution is -2.32. The minimum atomic E-state index is -0.947. The number of rotatable bonds is 6. The van der Waals surface area contributed by atoms with Gasteiger partial charge in [-0.15, -0.1) is 0 Å². The monoisotopic (exact) mass is 332 g/mol. The third kappa shape index (κ3) is 3.75. The van der Waals surface area contributed by atoms with Gasteiger partial charge in [0.2, 0.25) is 0 Å². The molecule has 0 heterocycles. The number of carbonyl (C=O) groups is 1. The Morgan fingerprint density at radius 3 is 2.50 bits per heavy atom. The van der Waals surface area contributed by atoms with E-state index in [1.165, 1.54) is 11.9 Å². The highest BCUT2D eigenvalue weighted by Gasteiger charge is 2.25. The van der Waals surface area contributed by atoms with Crippen molar-refractivity contribution in [3.8, 4) is 0 Å². The summed E-state index contributed by atoms with van der Waals surface area (Å²) >= 11 is 0. The van der Waals surface area contributed by atoms with Gasteiger partial charge in [-0.1, -0.05) is 30.3 Å². The minimum Gasteiger partial charge on any atom is -0.396 e. The fraction of sp³-hybridized carbons (Fsp3) is 0.235. The van der Waals surface area contributed by atoms with Gasteiger partial charge in [0.15, 0.2) is 0 Å². The molecule has 1 unspecified atom stereocenters. The van der Waals surface area contributed by atoms with Crippen LogP contribution in [0.2, 0.25) is 0 Å². The Morgan fingerprint density at radius 1 is 1.29 bits per heavy atom. The molecular formula is C17H17FN2O4. The molecular weight excluding hydrogens is 315 g/mol. The summed E-state index contributed by atoms with van der Waals surface area (Å²) in [5, 5.41) is 19.9. The quantitative estimate of drug-likeness (QED) is 0.651. The molecule has 0 radical (unpaired) electrons. The highest BCUT2D eigenvalue weighted by atomic mass is 19.1. The van der Waals surface area contributed by atoms with Gasteiger partial charge in [0, 0.05) is 19.7 Å². The first-order valence-electron chi connectivity index (χ1n) is 7.32. The van der Waals surface area contributed by atoms with Crippen LogP contribution in [0, 0.1) is 15.9 Å². The average molecular weight is 332 g/mol. The van der Waals surface area contributed by atoms with E-state index in [9.17, 15) is 24.4 Å². The number of nitro groups is 1. The van der Waals surface area contributed by atoms with E-state index in [0.717, 1.165) is 23.8 Å². The first-order chi connectivity index (χ1) is 11.5. The standard InChI is InChI=1S/C17H17FN2O4/c1-19(16(9-10-21)12-5-3-2-4-6-12)17(22)14-8-7-13(20(23)24)11-15(14)18/h2-8,11,16,21H,9-10H2,1H3. The molecule has 7 heteroatoms. The molecule has 0 spiro atoms. The van der Waals surface area contributed by atoms with E-state index in [2.05, 4.69) is 0 Å². The fourth-order valence-corrected chi connectivity index (χ4v) is 2.50. The maximum atomic E-state index is 14.1. The lowest BCUT2D eigenvalue weighted by molar-refractivity contribution is -0.385. The van der Waals surface area contributed by atoms with Crippen LogP contribution in [-0.2, 0) is 0 Å². The van der Waals surface area contributed by atoms with Gasteiger partial charge in [-0.2, -0.15) is 0 Å². The molecule has 0 bridgehead atoms. The average Bonchev–Trinajstić information content (AvgIpc) is 2.59. The van der Waals surface area contributed by atoms with Crippen molar-refractivity contribution in [2.75, 3.05) is 13.7 Å². The van der Waals surface area contributed by atoms with Gasteiger partial charge in [0.25, 0.3) is 11.6 Å². The Kier molecular flexibility index (Phi) is 5.59. The molecule has 1 amide bonds. The Labute approximate surface area is 138 Å². The molecule has 0 aliphatic heterocycles. The van der Waals surface area contributed by atoms with E-state index in [0.29, 0.717) is 6.42 Å². The van der Waals surface area contributed by atoms with Crippen LogP contribution in [0.5, 0.6) is 0 Å². The van der Waals surface area contributed by atoms with Crippen LogP contribution in [0.25, 0.3) is 0 Å². The summed E-state index contributed by atoms with van der Waals surface area (Å²) in [5.41, 5.74) is 0.147. The molecule has 0 aromatic heterocycles. The topological polar surface area (TPSA) is 83.7 Å². The van der Waals surface area contributed by atoms with Crippen molar-refractivity contribution in [2.24, 2.45) is 0 Å². The second-order valence-electron chi connectivity index (χ2n) is 5.28. The van der Waals surface area contributed by atoms with E-state index in [1.807, 2.05) is 30.3 Å². The minimum absolute atomic E-state index is 0.139. The van der Waals surface area contributed by atoms with Crippen molar-refractivity contribution >= 4 is 11.6 Å². The summed E-state index contributed by atoms with van der Waals surface area (Å²) in [6.45, 7) is -0.139. The van der Waals surface area contributed by atoms with Crippen molar-refractivity contribution in [3.05, 3.63) is 75.6 Å². The van der Waals surface area contributed by atoms with Gasteiger partial charge in [-0.05, 0) is 18.1 Å². The van der Waals surface area contributed by atoms with Gasteiger partial charge in [0.1, 0.15) is 5.82 Å². The van der Waals surface area contributed by atoms with E-state index >= 15 is 0 Å². The zero-order chi connectivity index (χ0) is 17.7. The number of amides is 1. The zero-order valence-corrected chi connectivity index (χ0v) is 13.1. The van der Waals surface area contributed by atoms with E-state index in [1.54, 1.807) is 0 Å².